The van der Waals surface area contributed by atoms with E-state index in [0.717, 1.165) is 5.56 Å². The normalized spacial score (nSPS) is 19.0. The molecule has 0 fully saturated rings. The molecule has 1 aliphatic heterocycles. The molecular weight excluding hydrogens is 370 g/mol. The average molecular weight is 393 g/mol. The zero-order chi connectivity index (χ0) is 21.0. The maximum Gasteiger partial charge on any atom is 0.334 e. The molecule has 0 bridgehead atoms. The monoisotopic (exact) mass is 393 g/mol. The first-order valence-electron chi connectivity index (χ1n) is 9.51. The van der Waals surface area contributed by atoms with Crippen LogP contribution in [0.1, 0.15) is 36.8 Å². The lowest BCUT2D eigenvalue weighted by Gasteiger charge is -2.31. The highest BCUT2D eigenvalue weighted by atomic mass is 16.4. The van der Waals surface area contributed by atoms with E-state index in [-0.39, 0.29) is 11.3 Å². The maximum absolute atomic E-state index is 12.2. The zero-order valence-electron chi connectivity index (χ0n) is 16.1. The Labute approximate surface area is 168 Å². The third kappa shape index (κ3) is 4.37. The zero-order valence-corrected chi connectivity index (χ0v) is 16.1. The van der Waals surface area contributed by atoms with Crippen molar-refractivity contribution in [3.63, 3.8) is 0 Å². The number of aromatic hydroxyl groups is 1. The van der Waals surface area contributed by atoms with E-state index in [1.54, 1.807) is 12.1 Å². The van der Waals surface area contributed by atoms with Crippen molar-refractivity contribution in [3.05, 3.63) is 77.0 Å². The Morgan fingerprint density at radius 3 is 2.31 bits per heavy atom. The molecule has 0 aliphatic carbocycles. The summed E-state index contributed by atoms with van der Waals surface area (Å²) in [5.41, 5.74) is 2.32. The summed E-state index contributed by atoms with van der Waals surface area (Å²) < 4.78 is 0. The number of carbonyl (C=O) groups is 2. The fraction of sp³-hybridized carbons (Fsp3) is 0.261. The van der Waals surface area contributed by atoms with Crippen molar-refractivity contribution in [2.75, 3.05) is 0 Å². The second-order valence-corrected chi connectivity index (χ2v) is 7.00. The summed E-state index contributed by atoms with van der Waals surface area (Å²) in [7, 11) is 0. The van der Waals surface area contributed by atoms with Crippen LogP contribution in [0.25, 0.3) is 0 Å². The lowest BCUT2D eigenvalue weighted by molar-refractivity contribution is -0.140. The molecule has 0 radical (unpaired) electrons. The molecule has 3 N–H and O–H groups in total. The summed E-state index contributed by atoms with van der Waals surface area (Å²) in [4.78, 5) is 28.8. The van der Waals surface area contributed by atoms with Crippen molar-refractivity contribution in [1.29, 1.82) is 0 Å². The lowest BCUT2D eigenvalue weighted by Crippen LogP contribution is -2.36. The topological polar surface area (TPSA) is 107 Å². The van der Waals surface area contributed by atoms with Crippen LogP contribution in [0, 0.1) is 5.92 Å². The Bertz CT molecular complexity index is 978. The van der Waals surface area contributed by atoms with Crippen molar-refractivity contribution in [2.45, 2.75) is 32.1 Å². The third-order valence-corrected chi connectivity index (χ3v) is 5.17. The second kappa shape index (κ2) is 8.73. The van der Waals surface area contributed by atoms with Gasteiger partial charge < -0.3 is 15.3 Å². The van der Waals surface area contributed by atoms with Gasteiger partial charge >= 0.3 is 11.9 Å². The van der Waals surface area contributed by atoms with Crippen molar-refractivity contribution in [3.8, 4) is 5.75 Å². The van der Waals surface area contributed by atoms with Crippen LogP contribution < -0.4 is 0 Å². The summed E-state index contributed by atoms with van der Waals surface area (Å²) in [5.74, 6) is -4.36. The molecule has 6 nitrogen and oxygen atoms in total. The van der Waals surface area contributed by atoms with Gasteiger partial charge in [0.15, 0.2) is 0 Å². The minimum absolute atomic E-state index is 0.0175. The SMILES string of the molecule is CCC1=NC(CCc2ccccc2)=C(C(=O)O)C(c2cccc(O)c2)C1C(=O)O. The van der Waals surface area contributed by atoms with E-state index in [0.29, 0.717) is 36.2 Å². The number of rotatable bonds is 7. The minimum atomic E-state index is -1.19. The van der Waals surface area contributed by atoms with Crippen molar-refractivity contribution >= 4 is 17.7 Å². The van der Waals surface area contributed by atoms with Gasteiger partial charge in [-0.1, -0.05) is 49.4 Å². The minimum Gasteiger partial charge on any atom is -0.508 e. The molecule has 3 rings (SSSR count). The molecule has 0 amide bonds. The molecular formula is C23H23NO5. The Morgan fingerprint density at radius 2 is 1.72 bits per heavy atom. The van der Waals surface area contributed by atoms with Gasteiger partial charge in [-0.15, -0.1) is 0 Å². The van der Waals surface area contributed by atoms with E-state index >= 15 is 0 Å². The number of carboxylic acids is 2. The average Bonchev–Trinajstić information content (AvgIpc) is 2.71. The largest absolute Gasteiger partial charge is 0.508 e. The molecule has 1 aliphatic rings. The van der Waals surface area contributed by atoms with Crippen molar-refractivity contribution in [2.24, 2.45) is 10.9 Å². The summed E-state index contributed by atoms with van der Waals surface area (Å²) in [5, 5.41) is 29.8. The number of phenolic OH excluding ortho intramolecular Hbond substituents is 1. The fourth-order valence-electron chi connectivity index (χ4n) is 3.86. The molecule has 1 heterocycles. The molecule has 2 aromatic carbocycles. The highest BCUT2D eigenvalue weighted by Crippen LogP contribution is 2.41. The number of benzene rings is 2. The molecule has 2 atom stereocenters. The van der Waals surface area contributed by atoms with Gasteiger partial charge in [0.2, 0.25) is 0 Å². The van der Waals surface area contributed by atoms with Crippen LogP contribution in [-0.2, 0) is 16.0 Å². The number of phenols is 1. The lowest BCUT2D eigenvalue weighted by atomic mass is 9.74. The number of allylic oxidation sites excluding steroid dienone is 1. The van der Waals surface area contributed by atoms with Crippen LogP contribution in [0.4, 0.5) is 0 Å². The van der Waals surface area contributed by atoms with Gasteiger partial charge in [-0.3, -0.25) is 9.79 Å². The number of aliphatic carboxylic acids is 2. The number of carboxylic acid groups (broad SMARTS) is 2. The van der Waals surface area contributed by atoms with Crippen LogP contribution in [0.3, 0.4) is 0 Å². The third-order valence-electron chi connectivity index (χ3n) is 5.17. The quantitative estimate of drug-likeness (QED) is 0.659. The van der Waals surface area contributed by atoms with Crippen LogP contribution in [0.15, 0.2) is 70.9 Å². The van der Waals surface area contributed by atoms with E-state index < -0.39 is 23.8 Å². The van der Waals surface area contributed by atoms with Gasteiger partial charge in [0.05, 0.1) is 11.3 Å². The van der Waals surface area contributed by atoms with E-state index in [4.69, 9.17) is 0 Å². The van der Waals surface area contributed by atoms with E-state index in [1.165, 1.54) is 12.1 Å². The van der Waals surface area contributed by atoms with Gasteiger partial charge in [-0.25, -0.2) is 4.79 Å². The number of hydrogen-bond acceptors (Lipinski definition) is 4. The van der Waals surface area contributed by atoms with Gasteiger partial charge in [-0.2, -0.15) is 0 Å². The molecule has 0 spiro atoms. The predicted molar refractivity (Wildman–Crippen MR) is 109 cm³/mol. The van der Waals surface area contributed by atoms with Crippen LogP contribution in [-0.4, -0.2) is 33.0 Å². The molecule has 0 aromatic heterocycles. The van der Waals surface area contributed by atoms with Crippen LogP contribution >= 0.6 is 0 Å². The highest BCUT2D eigenvalue weighted by Gasteiger charge is 2.42. The highest BCUT2D eigenvalue weighted by molar-refractivity contribution is 6.07. The first-order chi connectivity index (χ1) is 13.9. The molecule has 6 heteroatoms. The fourth-order valence-corrected chi connectivity index (χ4v) is 3.86. The predicted octanol–water partition coefficient (Wildman–Crippen LogP) is 4.01. The number of aliphatic imine (C=N–C) groups is 1. The first-order valence-corrected chi connectivity index (χ1v) is 9.51. The van der Waals surface area contributed by atoms with E-state index in [9.17, 15) is 24.9 Å². The van der Waals surface area contributed by atoms with Gasteiger partial charge in [0.25, 0.3) is 0 Å². The molecule has 0 saturated carbocycles. The Morgan fingerprint density at radius 1 is 1.00 bits per heavy atom. The molecule has 2 unspecified atom stereocenters. The Hall–Kier alpha value is -3.41. The maximum atomic E-state index is 12.2. The summed E-state index contributed by atoms with van der Waals surface area (Å²) >= 11 is 0. The number of nitrogens with zero attached hydrogens (tertiary/aromatic N) is 1. The van der Waals surface area contributed by atoms with Crippen molar-refractivity contribution < 1.29 is 24.9 Å². The summed E-state index contributed by atoms with van der Waals surface area (Å²) in [6, 6.07) is 15.8. The number of aryl methyl sites for hydroxylation is 1. The smallest absolute Gasteiger partial charge is 0.334 e. The van der Waals surface area contributed by atoms with Crippen molar-refractivity contribution in [1.82, 2.24) is 0 Å². The van der Waals surface area contributed by atoms with Gasteiger partial charge in [0, 0.05) is 11.6 Å². The molecule has 2 aromatic rings. The first kappa shape index (κ1) is 20.3. The Balaban J connectivity index is 2.12. The van der Waals surface area contributed by atoms with E-state index in [2.05, 4.69) is 4.99 Å². The second-order valence-electron chi connectivity index (χ2n) is 7.00. The molecule has 0 saturated heterocycles. The van der Waals surface area contributed by atoms with Gasteiger partial charge in [0.1, 0.15) is 11.7 Å². The van der Waals surface area contributed by atoms with Gasteiger partial charge in [-0.05, 0) is 42.5 Å². The Kier molecular flexibility index (Phi) is 6.12. The number of hydrogen-bond donors (Lipinski definition) is 3. The summed E-state index contributed by atoms with van der Waals surface area (Å²) in [6.07, 6.45) is 1.38. The summed E-state index contributed by atoms with van der Waals surface area (Å²) in [6.45, 7) is 1.81. The molecule has 150 valence electrons. The van der Waals surface area contributed by atoms with Crippen LogP contribution in [0.2, 0.25) is 0 Å². The standard InChI is InChI=1S/C23H23NO5/c1-2-17-20(22(26)27)19(15-9-6-10-16(25)13-15)21(23(28)29)18(24-17)12-11-14-7-4-3-5-8-14/h3-10,13,19-20,25H,2,11-12H2,1H3,(H,26,27)(H,28,29). The van der Waals surface area contributed by atoms with E-state index in [1.807, 2.05) is 37.3 Å². The van der Waals surface area contributed by atoms with Crippen LogP contribution in [0.5, 0.6) is 5.75 Å². The molecule has 29 heavy (non-hydrogen) atoms.